The van der Waals surface area contributed by atoms with Crippen molar-refractivity contribution >= 4 is 5.91 Å². The molecule has 0 saturated carbocycles. The van der Waals surface area contributed by atoms with Crippen LogP contribution in [0.25, 0.3) is 0 Å². The largest absolute Gasteiger partial charge is 0.337 e. The Balaban J connectivity index is 1.78. The summed E-state index contributed by atoms with van der Waals surface area (Å²) in [6.45, 7) is 6.95. The lowest BCUT2D eigenvalue weighted by Crippen LogP contribution is -2.46. The monoisotopic (exact) mass is 372 g/mol. The van der Waals surface area contributed by atoms with Gasteiger partial charge in [-0.3, -0.25) is 14.5 Å². The van der Waals surface area contributed by atoms with E-state index in [0.29, 0.717) is 25.6 Å². The third-order valence-electron chi connectivity index (χ3n) is 5.05. The SMILES string of the molecule is CC(C)[C@@H]1CN(C(=O)c2cnc[nH]c2=O)CCCN1Cc1ccc(F)cc1. The number of hydrogen-bond donors (Lipinski definition) is 1. The average molecular weight is 372 g/mol. The maximum atomic E-state index is 13.2. The van der Waals surface area contributed by atoms with E-state index in [1.807, 2.05) is 0 Å². The number of halogens is 1. The van der Waals surface area contributed by atoms with Crippen LogP contribution >= 0.6 is 0 Å². The third kappa shape index (κ3) is 4.60. The number of carbonyl (C=O) groups excluding carboxylic acids is 1. The molecule has 2 heterocycles. The number of benzene rings is 1. The number of hydrogen-bond acceptors (Lipinski definition) is 4. The number of carbonyl (C=O) groups is 1. The van der Waals surface area contributed by atoms with Crippen molar-refractivity contribution in [3.05, 3.63) is 64.1 Å². The number of rotatable bonds is 4. The van der Waals surface area contributed by atoms with Crippen LogP contribution in [0.15, 0.2) is 41.6 Å². The molecule has 1 fully saturated rings. The molecular formula is C20H25FN4O2. The Labute approximate surface area is 158 Å². The summed E-state index contributed by atoms with van der Waals surface area (Å²) >= 11 is 0. The van der Waals surface area contributed by atoms with Gasteiger partial charge in [-0.2, -0.15) is 0 Å². The predicted molar refractivity (Wildman–Crippen MR) is 101 cm³/mol. The standard InChI is InChI=1S/C20H25FN4O2/c1-14(2)18-12-25(20(27)17-10-22-13-23-19(17)26)9-3-8-24(18)11-15-4-6-16(21)7-5-15/h4-7,10,13-14,18H,3,8-9,11-12H2,1-2H3,(H,22,23,26)/t18-/m0/s1. The van der Waals surface area contributed by atoms with Crippen LogP contribution in [0.2, 0.25) is 0 Å². The third-order valence-corrected chi connectivity index (χ3v) is 5.05. The second-order valence-corrected chi connectivity index (χ2v) is 7.31. The van der Waals surface area contributed by atoms with E-state index in [4.69, 9.17) is 0 Å². The molecule has 0 bridgehead atoms. The van der Waals surface area contributed by atoms with Crippen LogP contribution in [-0.4, -0.2) is 51.4 Å². The number of aromatic amines is 1. The lowest BCUT2D eigenvalue weighted by Gasteiger charge is -2.34. The van der Waals surface area contributed by atoms with Gasteiger partial charge in [0.05, 0.1) is 6.33 Å². The van der Waals surface area contributed by atoms with Crippen LogP contribution in [0.5, 0.6) is 0 Å². The van der Waals surface area contributed by atoms with Crippen molar-refractivity contribution in [2.75, 3.05) is 19.6 Å². The highest BCUT2D eigenvalue weighted by atomic mass is 19.1. The van der Waals surface area contributed by atoms with Gasteiger partial charge in [0.15, 0.2) is 0 Å². The van der Waals surface area contributed by atoms with Crippen LogP contribution in [-0.2, 0) is 6.54 Å². The van der Waals surface area contributed by atoms with Crippen LogP contribution in [0.1, 0.15) is 36.2 Å². The van der Waals surface area contributed by atoms with Crippen LogP contribution in [0.4, 0.5) is 4.39 Å². The van der Waals surface area contributed by atoms with Gasteiger partial charge >= 0.3 is 0 Å². The van der Waals surface area contributed by atoms with Gasteiger partial charge in [-0.25, -0.2) is 9.37 Å². The van der Waals surface area contributed by atoms with Crippen molar-refractivity contribution in [1.82, 2.24) is 19.8 Å². The van der Waals surface area contributed by atoms with Gasteiger partial charge < -0.3 is 9.88 Å². The Kier molecular flexibility index (Phi) is 6.01. The molecule has 0 radical (unpaired) electrons. The summed E-state index contributed by atoms with van der Waals surface area (Å²) in [5.74, 6) is -0.196. The lowest BCUT2D eigenvalue weighted by molar-refractivity contribution is 0.0700. The van der Waals surface area contributed by atoms with Crippen molar-refractivity contribution in [3.8, 4) is 0 Å². The van der Waals surface area contributed by atoms with Gasteiger partial charge in [0.25, 0.3) is 11.5 Å². The summed E-state index contributed by atoms with van der Waals surface area (Å²) in [4.78, 5) is 35.2. The Bertz CT molecular complexity index is 834. The van der Waals surface area contributed by atoms with Crippen molar-refractivity contribution in [3.63, 3.8) is 0 Å². The number of H-pyrrole nitrogens is 1. The number of aromatic nitrogens is 2. The quantitative estimate of drug-likeness (QED) is 0.894. The Morgan fingerprint density at radius 3 is 2.70 bits per heavy atom. The van der Waals surface area contributed by atoms with Crippen molar-refractivity contribution in [2.24, 2.45) is 5.92 Å². The molecule has 1 saturated heterocycles. The zero-order valence-electron chi connectivity index (χ0n) is 15.7. The molecule has 1 aliphatic heterocycles. The van der Waals surface area contributed by atoms with Gasteiger partial charge in [-0.1, -0.05) is 26.0 Å². The summed E-state index contributed by atoms with van der Waals surface area (Å²) in [5.41, 5.74) is 0.709. The first-order valence-corrected chi connectivity index (χ1v) is 9.26. The second-order valence-electron chi connectivity index (χ2n) is 7.31. The van der Waals surface area contributed by atoms with E-state index in [9.17, 15) is 14.0 Å². The minimum Gasteiger partial charge on any atom is -0.337 e. The summed E-state index contributed by atoms with van der Waals surface area (Å²) < 4.78 is 13.2. The first-order valence-electron chi connectivity index (χ1n) is 9.26. The fourth-order valence-electron chi connectivity index (χ4n) is 3.57. The van der Waals surface area contributed by atoms with Gasteiger partial charge in [0.1, 0.15) is 11.4 Å². The molecule has 1 aromatic heterocycles. The molecule has 144 valence electrons. The molecule has 6 nitrogen and oxygen atoms in total. The van der Waals surface area contributed by atoms with Crippen molar-refractivity contribution in [1.29, 1.82) is 0 Å². The molecular weight excluding hydrogens is 347 g/mol. The first-order chi connectivity index (χ1) is 13.0. The van der Waals surface area contributed by atoms with E-state index in [2.05, 4.69) is 28.7 Å². The van der Waals surface area contributed by atoms with Gasteiger partial charge in [-0.05, 0) is 30.0 Å². The van der Waals surface area contributed by atoms with Gasteiger partial charge in [0, 0.05) is 38.4 Å². The normalized spacial score (nSPS) is 18.5. The Morgan fingerprint density at radius 2 is 2.04 bits per heavy atom. The fourth-order valence-corrected chi connectivity index (χ4v) is 3.57. The number of nitrogens with one attached hydrogen (secondary N) is 1. The first kappa shape index (κ1) is 19.2. The number of amides is 1. The molecule has 3 rings (SSSR count). The molecule has 0 aliphatic carbocycles. The molecule has 0 unspecified atom stereocenters. The van der Waals surface area contributed by atoms with Crippen molar-refractivity contribution in [2.45, 2.75) is 32.9 Å². The molecule has 0 spiro atoms. The molecule has 2 aromatic rings. The molecule has 7 heteroatoms. The summed E-state index contributed by atoms with van der Waals surface area (Å²) in [6, 6.07) is 6.70. The Morgan fingerprint density at radius 1 is 1.30 bits per heavy atom. The van der Waals surface area contributed by atoms with E-state index in [-0.39, 0.29) is 23.3 Å². The smallest absolute Gasteiger partial charge is 0.263 e. The van der Waals surface area contributed by atoms with Gasteiger partial charge in [0.2, 0.25) is 0 Å². The molecule has 1 aliphatic rings. The van der Waals surface area contributed by atoms with Gasteiger partial charge in [-0.15, -0.1) is 0 Å². The maximum absolute atomic E-state index is 13.2. The van der Waals surface area contributed by atoms with Crippen LogP contribution in [0.3, 0.4) is 0 Å². The maximum Gasteiger partial charge on any atom is 0.263 e. The predicted octanol–water partition coefficient (Wildman–Crippen LogP) is 2.28. The van der Waals surface area contributed by atoms with Crippen LogP contribution in [0, 0.1) is 11.7 Å². The summed E-state index contributed by atoms with van der Waals surface area (Å²) in [7, 11) is 0. The minimum atomic E-state index is -0.413. The zero-order valence-corrected chi connectivity index (χ0v) is 15.7. The lowest BCUT2D eigenvalue weighted by atomic mass is 10.0. The highest BCUT2D eigenvalue weighted by Gasteiger charge is 2.30. The molecule has 1 N–H and O–H groups in total. The number of nitrogens with zero attached hydrogens (tertiary/aromatic N) is 3. The van der Waals surface area contributed by atoms with E-state index in [1.165, 1.54) is 24.7 Å². The fraction of sp³-hybridized carbons (Fsp3) is 0.450. The van der Waals surface area contributed by atoms with Crippen molar-refractivity contribution < 1.29 is 9.18 Å². The second kappa shape index (κ2) is 8.43. The highest BCUT2D eigenvalue weighted by molar-refractivity contribution is 5.93. The minimum absolute atomic E-state index is 0.0759. The van der Waals surface area contributed by atoms with E-state index in [1.54, 1.807) is 17.0 Å². The Hall–Kier alpha value is -2.54. The summed E-state index contributed by atoms with van der Waals surface area (Å²) in [6.07, 6.45) is 3.42. The molecule has 1 aromatic carbocycles. The average Bonchev–Trinajstić information content (AvgIpc) is 2.86. The molecule has 1 amide bonds. The van der Waals surface area contributed by atoms with E-state index in [0.717, 1.165) is 18.5 Å². The zero-order chi connectivity index (χ0) is 19.4. The molecule has 1 atom stereocenters. The topological polar surface area (TPSA) is 69.3 Å². The highest BCUT2D eigenvalue weighted by Crippen LogP contribution is 2.21. The van der Waals surface area contributed by atoms with E-state index < -0.39 is 5.56 Å². The molecule has 27 heavy (non-hydrogen) atoms. The van der Waals surface area contributed by atoms with Crippen LogP contribution < -0.4 is 5.56 Å². The van der Waals surface area contributed by atoms with E-state index >= 15 is 0 Å². The summed E-state index contributed by atoms with van der Waals surface area (Å²) in [5, 5.41) is 0.